The Labute approximate surface area is 213 Å². The fourth-order valence-electron chi connectivity index (χ4n) is 5.08. The third-order valence-electron chi connectivity index (χ3n) is 7.06. The Balaban J connectivity index is 1.50. The van der Waals surface area contributed by atoms with Crippen LogP contribution >= 0.6 is 0 Å². The van der Waals surface area contributed by atoms with Crippen molar-refractivity contribution in [3.8, 4) is 11.1 Å². The zero-order valence-corrected chi connectivity index (χ0v) is 20.3. The molecule has 0 saturated carbocycles. The summed E-state index contributed by atoms with van der Waals surface area (Å²) in [5.41, 5.74) is -2.27. The number of anilines is 1. The molecular weight excluding hydrogens is 514 g/mol. The van der Waals surface area contributed by atoms with Gasteiger partial charge in [-0.3, -0.25) is 9.69 Å². The number of aryl methyl sites for hydroxylation is 1. The minimum absolute atomic E-state index is 0.0987. The Morgan fingerprint density at radius 3 is 2.24 bits per heavy atom. The van der Waals surface area contributed by atoms with Gasteiger partial charge in [-0.05, 0) is 48.2 Å². The number of hydrogen-bond donors (Lipinski definition) is 2. The number of alkyl halides is 6. The lowest BCUT2D eigenvalue weighted by atomic mass is 9.89. The largest absolute Gasteiger partial charge is 0.430 e. The van der Waals surface area contributed by atoms with E-state index < -0.39 is 23.5 Å². The van der Waals surface area contributed by atoms with Crippen LogP contribution in [0.15, 0.2) is 65.2 Å². The molecule has 2 aromatic carbocycles. The predicted molar refractivity (Wildman–Crippen MR) is 126 cm³/mol. The highest BCUT2D eigenvalue weighted by molar-refractivity contribution is 5.65. The highest BCUT2D eigenvalue weighted by Crippen LogP contribution is 2.50. The van der Waals surface area contributed by atoms with E-state index in [9.17, 15) is 31.4 Å². The molecule has 0 saturated heterocycles. The number of rotatable bonds is 4. The number of nitrogens with zero attached hydrogens (tertiary/aromatic N) is 5. The zero-order valence-electron chi connectivity index (χ0n) is 20.3. The lowest BCUT2D eigenvalue weighted by Crippen LogP contribution is -2.53. The summed E-state index contributed by atoms with van der Waals surface area (Å²) in [7, 11) is 1.81. The molecule has 1 aromatic heterocycles. The minimum atomic E-state index is -5.94. The summed E-state index contributed by atoms with van der Waals surface area (Å²) in [6.07, 6.45) is -7.74. The van der Waals surface area contributed by atoms with Crippen molar-refractivity contribution in [2.75, 3.05) is 11.9 Å². The molecule has 3 atom stereocenters. The van der Waals surface area contributed by atoms with Gasteiger partial charge in [0.05, 0.1) is 24.3 Å². The van der Waals surface area contributed by atoms with Crippen LogP contribution in [-0.4, -0.2) is 44.8 Å². The van der Waals surface area contributed by atoms with Gasteiger partial charge >= 0.3 is 12.4 Å². The van der Waals surface area contributed by atoms with Crippen LogP contribution in [-0.2, 0) is 12.6 Å². The summed E-state index contributed by atoms with van der Waals surface area (Å²) in [5, 5.41) is 27.6. The van der Waals surface area contributed by atoms with Crippen LogP contribution in [0, 0.1) is 0 Å². The summed E-state index contributed by atoms with van der Waals surface area (Å²) in [6, 6.07) is 8.96. The van der Waals surface area contributed by atoms with Crippen LogP contribution in [0.4, 0.5) is 32.0 Å². The van der Waals surface area contributed by atoms with Crippen molar-refractivity contribution in [3.63, 3.8) is 0 Å². The van der Waals surface area contributed by atoms with Crippen molar-refractivity contribution in [2.24, 2.45) is 17.4 Å². The molecule has 0 fully saturated rings. The van der Waals surface area contributed by atoms with Crippen LogP contribution in [0.25, 0.3) is 11.1 Å². The topological polar surface area (TPSA) is 78.0 Å². The number of hydrogen-bond acceptors (Lipinski definition) is 6. The summed E-state index contributed by atoms with van der Waals surface area (Å²) in [6.45, 7) is 2.49. The second-order valence-electron chi connectivity index (χ2n) is 9.57. The summed E-state index contributed by atoms with van der Waals surface area (Å²) in [5.74, 6) is 0. The lowest BCUT2D eigenvalue weighted by Gasteiger charge is -2.32. The van der Waals surface area contributed by atoms with E-state index in [-0.39, 0.29) is 18.1 Å². The molecule has 0 amide bonds. The number of benzene rings is 2. The highest BCUT2D eigenvalue weighted by atomic mass is 19.4. The van der Waals surface area contributed by atoms with Gasteiger partial charge in [0.15, 0.2) is 0 Å². The van der Waals surface area contributed by atoms with E-state index in [4.69, 9.17) is 0 Å². The molecule has 3 unspecified atom stereocenters. The van der Waals surface area contributed by atoms with Gasteiger partial charge in [0.2, 0.25) is 0 Å². The molecule has 7 nitrogen and oxygen atoms in total. The quantitative estimate of drug-likeness (QED) is 0.396. The third-order valence-corrected chi connectivity index (χ3v) is 7.06. The van der Waals surface area contributed by atoms with Gasteiger partial charge in [-0.25, -0.2) is 0 Å². The number of nitrogens with one attached hydrogen (secondary N) is 1. The van der Waals surface area contributed by atoms with Crippen LogP contribution in [0.2, 0.25) is 0 Å². The average Bonchev–Trinajstić information content (AvgIpc) is 3.41. The molecule has 2 aliphatic heterocycles. The Morgan fingerprint density at radius 2 is 1.63 bits per heavy atom. The normalized spacial score (nSPS) is 21.7. The standard InChI is InChI=1S/C25H24F6N6O/c1-14-22-19-8-3-15(16-12-32-36(2)13-16)11-20(19)21(9-10-37(22)35-34-14)33-18-6-4-17(5-7-18)23(38,24(26,27)28)25(29,30)31/h3-8,11-14,21-22,33,38H,9-10H2,1-2H3. The van der Waals surface area contributed by atoms with E-state index in [0.29, 0.717) is 30.8 Å². The van der Waals surface area contributed by atoms with Crippen molar-refractivity contribution in [2.45, 2.75) is 49.4 Å². The second kappa shape index (κ2) is 9.00. The Bertz CT molecular complexity index is 1340. The fourth-order valence-corrected chi connectivity index (χ4v) is 5.08. The maximum absolute atomic E-state index is 13.3. The van der Waals surface area contributed by atoms with Crippen LogP contribution < -0.4 is 5.32 Å². The van der Waals surface area contributed by atoms with E-state index in [1.165, 1.54) is 0 Å². The molecule has 3 aromatic rings. The maximum Gasteiger partial charge on any atom is 0.430 e. The first kappa shape index (κ1) is 26.0. The van der Waals surface area contributed by atoms with E-state index >= 15 is 0 Å². The molecule has 0 aliphatic carbocycles. The van der Waals surface area contributed by atoms with E-state index in [1.807, 2.05) is 36.3 Å². The molecule has 3 heterocycles. The molecule has 13 heteroatoms. The lowest BCUT2D eigenvalue weighted by molar-refractivity contribution is -0.376. The van der Waals surface area contributed by atoms with Crippen molar-refractivity contribution in [3.05, 3.63) is 71.5 Å². The molecule has 2 aliphatic rings. The molecule has 2 N–H and O–H groups in total. The molecule has 202 valence electrons. The summed E-state index contributed by atoms with van der Waals surface area (Å²) >= 11 is 0. The monoisotopic (exact) mass is 538 g/mol. The van der Waals surface area contributed by atoms with Gasteiger partial charge < -0.3 is 10.4 Å². The molecular formula is C25H24F6N6O. The van der Waals surface area contributed by atoms with Crippen LogP contribution in [0.3, 0.4) is 0 Å². The predicted octanol–water partition coefficient (Wildman–Crippen LogP) is 6.07. The zero-order chi connectivity index (χ0) is 27.5. The second-order valence-corrected chi connectivity index (χ2v) is 9.57. The van der Waals surface area contributed by atoms with Crippen molar-refractivity contribution < 1.29 is 31.4 Å². The number of halogens is 6. The Hall–Kier alpha value is -3.61. The number of aliphatic hydroxyl groups is 1. The number of aromatic nitrogens is 2. The van der Waals surface area contributed by atoms with E-state index in [2.05, 4.69) is 20.8 Å². The van der Waals surface area contributed by atoms with E-state index in [0.717, 1.165) is 34.4 Å². The van der Waals surface area contributed by atoms with Gasteiger partial charge in [0.1, 0.15) is 0 Å². The first-order chi connectivity index (χ1) is 17.8. The molecule has 5 rings (SSSR count). The Morgan fingerprint density at radius 1 is 0.947 bits per heavy atom. The van der Waals surface area contributed by atoms with Crippen LogP contribution in [0.1, 0.15) is 42.1 Å². The molecule has 0 spiro atoms. The van der Waals surface area contributed by atoms with Gasteiger partial charge in [0.25, 0.3) is 5.60 Å². The van der Waals surface area contributed by atoms with Crippen molar-refractivity contribution in [1.82, 2.24) is 14.8 Å². The SMILES string of the molecule is CC1N=NN2CCC(Nc3ccc(C(O)(C(F)(F)F)C(F)(F)F)cc3)c3cc(-c4cnn(C)c4)ccc3C12. The van der Waals surface area contributed by atoms with Gasteiger partial charge in [0, 0.05) is 36.6 Å². The van der Waals surface area contributed by atoms with Gasteiger partial charge in [-0.2, -0.15) is 36.6 Å². The molecule has 0 radical (unpaired) electrons. The fraction of sp³-hybridized carbons (Fsp3) is 0.400. The Kier molecular flexibility index (Phi) is 6.16. The summed E-state index contributed by atoms with van der Waals surface area (Å²) in [4.78, 5) is 0. The maximum atomic E-state index is 13.3. The highest BCUT2D eigenvalue weighted by Gasteiger charge is 2.71. The summed E-state index contributed by atoms with van der Waals surface area (Å²) < 4.78 is 81.4. The van der Waals surface area contributed by atoms with Crippen molar-refractivity contribution >= 4 is 5.69 Å². The van der Waals surface area contributed by atoms with Crippen LogP contribution in [0.5, 0.6) is 0 Å². The first-order valence-corrected chi connectivity index (χ1v) is 11.8. The van der Waals surface area contributed by atoms with Crippen molar-refractivity contribution in [1.29, 1.82) is 0 Å². The minimum Gasteiger partial charge on any atom is -0.378 e. The number of fused-ring (bicyclic) bond motifs is 3. The molecule has 0 bridgehead atoms. The van der Waals surface area contributed by atoms with Gasteiger partial charge in [-0.1, -0.05) is 29.5 Å². The molecule has 38 heavy (non-hydrogen) atoms. The van der Waals surface area contributed by atoms with E-state index in [1.54, 1.807) is 17.9 Å². The first-order valence-electron chi connectivity index (χ1n) is 11.8. The third kappa shape index (κ3) is 4.28. The average molecular weight is 538 g/mol. The smallest absolute Gasteiger partial charge is 0.378 e. The van der Waals surface area contributed by atoms with Gasteiger partial charge in [-0.15, -0.1) is 0 Å².